The van der Waals surface area contributed by atoms with Crippen LogP contribution in [0.1, 0.15) is 48.0 Å². The van der Waals surface area contributed by atoms with E-state index < -0.39 is 5.79 Å². The predicted molar refractivity (Wildman–Crippen MR) is 60.2 cm³/mol. The minimum absolute atomic E-state index is 0.0520. The predicted octanol–water partition coefficient (Wildman–Crippen LogP) is 3.10. The van der Waals surface area contributed by atoms with Gasteiger partial charge < -0.3 is 9.47 Å². The molecule has 88 valence electrons. The molecular formula is C12H23NO2. The fourth-order valence-electron chi connectivity index (χ4n) is 1.71. The molecule has 1 atom stereocenters. The molecule has 0 aromatic carbocycles. The van der Waals surface area contributed by atoms with Crippen LogP contribution in [0.25, 0.3) is 0 Å². The van der Waals surface area contributed by atoms with E-state index in [-0.39, 0.29) is 18.1 Å². The van der Waals surface area contributed by atoms with Gasteiger partial charge in [0.25, 0.3) is 0 Å². The van der Waals surface area contributed by atoms with Crippen molar-refractivity contribution < 1.29 is 9.47 Å². The fraction of sp³-hybridized carbons (Fsp3) is 0.917. The summed E-state index contributed by atoms with van der Waals surface area (Å²) in [5.74, 6) is -1.03. The molecule has 0 bridgehead atoms. The van der Waals surface area contributed by atoms with Crippen LogP contribution in [-0.2, 0) is 9.47 Å². The highest BCUT2D eigenvalue weighted by Gasteiger charge is 2.37. The molecule has 0 aromatic heterocycles. The Bertz CT molecular complexity index is 208. The van der Waals surface area contributed by atoms with Crippen LogP contribution in [-0.4, -0.2) is 18.0 Å². The second-order valence-electron chi connectivity index (χ2n) is 4.44. The summed E-state index contributed by atoms with van der Waals surface area (Å²) in [4.78, 5) is 0. The molecule has 15 heavy (non-hydrogen) atoms. The van der Waals surface area contributed by atoms with E-state index in [0.717, 1.165) is 6.42 Å². The summed E-state index contributed by atoms with van der Waals surface area (Å²) in [7, 11) is 0. The van der Waals surface area contributed by atoms with Gasteiger partial charge in [0.1, 0.15) is 0 Å². The number of hydrogen-bond donors (Lipinski definition) is 0. The SMILES string of the molecule is CCC(C#N)C(C)(OC(C)C)OC(C)C. The average molecular weight is 213 g/mol. The standard InChI is InChI=1S/C12H23NO2/c1-7-11(8-13)12(6,14-9(2)3)15-10(4)5/h9-11H,7H2,1-6H3. The largest absolute Gasteiger partial charge is 0.346 e. The lowest BCUT2D eigenvalue weighted by molar-refractivity contribution is -0.276. The van der Waals surface area contributed by atoms with Crippen LogP contribution >= 0.6 is 0 Å². The highest BCUT2D eigenvalue weighted by molar-refractivity contribution is 4.92. The first-order valence-corrected chi connectivity index (χ1v) is 5.61. The third-order valence-corrected chi connectivity index (χ3v) is 2.14. The van der Waals surface area contributed by atoms with Gasteiger partial charge in [-0.1, -0.05) is 6.92 Å². The van der Waals surface area contributed by atoms with E-state index in [1.165, 1.54) is 0 Å². The van der Waals surface area contributed by atoms with Gasteiger partial charge in [-0.25, -0.2) is 0 Å². The van der Waals surface area contributed by atoms with Crippen molar-refractivity contribution in [2.24, 2.45) is 5.92 Å². The number of rotatable bonds is 6. The fourth-order valence-corrected chi connectivity index (χ4v) is 1.71. The zero-order valence-electron chi connectivity index (χ0n) is 10.7. The van der Waals surface area contributed by atoms with Gasteiger partial charge in [-0.2, -0.15) is 5.26 Å². The smallest absolute Gasteiger partial charge is 0.181 e. The normalized spacial score (nSPS) is 14.3. The Labute approximate surface area is 93.4 Å². The van der Waals surface area contributed by atoms with Crippen molar-refractivity contribution >= 4 is 0 Å². The van der Waals surface area contributed by atoms with E-state index >= 15 is 0 Å². The van der Waals surface area contributed by atoms with Crippen molar-refractivity contribution in [3.05, 3.63) is 0 Å². The lowest BCUT2D eigenvalue weighted by Crippen LogP contribution is -2.43. The minimum atomic E-state index is -0.800. The Morgan fingerprint density at radius 2 is 1.53 bits per heavy atom. The summed E-state index contributed by atoms with van der Waals surface area (Å²) in [5, 5.41) is 9.08. The maximum Gasteiger partial charge on any atom is 0.181 e. The van der Waals surface area contributed by atoms with Gasteiger partial charge in [-0.15, -0.1) is 0 Å². The molecule has 0 aliphatic rings. The maximum atomic E-state index is 9.08. The van der Waals surface area contributed by atoms with Crippen molar-refractivity contribution in [2.45, 2.75) is 66.0 Å². The number of ether oxygens (including phenoxy) is 2. The summed E-state index contributed by atoms with van der Waals surface area (Å²) in [6.45, 7) is 11.6. The number of nitrogens with zero attached hydrogens (tertiary/aromatic N) is 1. The summed E-state index contributed by atoms with van der Waals surface area (Å²) < 4.78 is 11.5. The van der Waals surface area contributed by atoms with Crippen molar-refractivity contribution in [1.29, 1.82) is 5.26 Å². The van der Waals surface area contributed by atoms with Gasteiger partial charge >= 0.3 is 0 Å². The summed E-state index contributed by atoms with van der Waals surface area (Å²) in [5.41, 5.74) is 0. The minimum Gasteiger partial charge on any atom is -0.346 e. The van der Waals surface area contributed by atoms with E-state index in [2.05, 4.69) is 6.07 Å². The molecule has 0 saturated heterocycles. The molecule has 0 amide bonds. The third kappa shape index (κ3) is 4.63. The molecule has 1 unspecified atom stereocenters. The quantitative estimate of drug-likeness (QED) is 0.637. The van der Waals surface area contributed by atoms with Gasteiger partial charge in [0.05, 0.1) is 24.2 Å². The van der Waals surface area contributed by atoms with Gasteiger partial charge in [0, 0.05) is 0 Å². The molecular weight excluding hydrogens is 190 g/mol. The topological polar surface area (TPSA) is 42.2 Å². The van der Waals surface area contributed by atoms with Crippen LogP contribution in [0.5, 0.6) is 0 Å². The van der Waals surface area contributed by atoms with Gasteiger partial charge in [0.2, 0.25) is 0 Å². The van der Waals surface area contributed by atoms with Crippen molar-refractivity contribution in [3.63, 3.8) is 0 Å². The maximum absolute atomic E-state index is 9.08. The van der Waals surface area contributed by atoms with E-state index in [1.54, 1.807) is 0 Å². The average Bonchev–Trinajstić information content (AvgIpc) is 2.01. The molecule has 0 rings (SSSR count). The third-order valence-electron chi connectivity index (χ3n) is 2.14. The molecule has 0 fully saturated rings. The van der Waals surface area contributed by atoms with Crippen LogP contribution in [0.2, 0.25) is 0 Å². The molecule has 0 N–H and O–H groups in total. The van der Waals surface area contributed by atoms with Gasteiger partial charge in [0.15, 0.2) is 5.79 Å². The monoisotopic (exact) mass is 213 g/mol. The molecule has 0 saturated carbocycles. The van der Waals surface area contributed by atoms with E-state index in [4.69, 9.17) is 14.7 Å². The summed E-state index contributed by atoms with van der Waals surface area (Å²) >= 11 is 0. The van der Waals surface area contributed by atoms with Gasteiger partial charge in [-0.05, 0) is 41.0 Å². The molecule has 0 aliphatic heterocycles. The first-order chi connectivity index (χ1) is 6.85. The molecule has 0 radical (unpaired) electrons. The second kappa shape index (κ2) is 6.09. The highest BCUT2D eigenvalue weighted by Crippen LogP contribution is 2.28. The summed E-state index contributed by atoms with van der Waals surface area (Å²) in [6.07, 6.45) is 0.833. The molecule has 3 heteroatoms. The Kier molecular flexibility index (Phi) is 5.85. The zero-order chi connectivity index (χ0) is 12.1. The van der Waals surface area contributed by atoms with E-state index in [1.807, 2.05) is 41.5 Å². The van der Waals surface area contributed by atoms with E-state index in [9.17, 15) is 0 Å². The Morgan fingerprint density at radius 1 is 1.13 bits per heavy atom. The zero-order valence-corrected chi connectivity index (χ0v) is 10.7. The Balaban J connectivity index is 4.75. The molecule has 0 heterocycles. The van der Waals surface area contributed by atoms with Crippen LogP contribution in [0, 0.1) is 17.2 Å². The first kappa shape index (κ1) is 14.4. The van der Waals surface area contributed by atoms with Crippen molar-refractivity contribution in [3.8, 4) is 6.07 Å². The summed E-state index contributed by atoms with van der Waals surface area (Å²) in [6, 6.07) is 2.25. The molecule has 3 nitrogen and oxygen atoms in total. The van der Waals surface area contributed by atoms with Crippen LogP contribution in [0.4, 0.5) is 0 Å². The first-order valence-electron chi connectivity index (χ1n) is 5.61. The molecule has 0 aliphatic carbocycles. The van der Waals surface area contributed by atoms with Crippen molar-refractivity contribution in [2.75, 3.05) is 0 Å². The molecule has 0 aromatic rings. The number of nitriles is 1. The number of hydrogen-bond acceptors (Lipinski definition) is 3. The Morgan fingerprint density at radius 3 is 1.73 bits per heavy atom. The van der Waals surface area contributed by atoms with E-state index in [0.29, 0.717) is 0 Å². The Hall–Kier alpha value is -0.590. The lowest BCUT2D eigenvalue weighted by Gasteiger charge is -2.36. The van der Waals surface area contributed by atoms with Gasteiger partial charge in [-0.3, -0.25) is 0 Å². The van der Waals surface area contributed by atoms with Crippen LogP contribution in [0.3, 0.4) is 0 Å². The second-order valence-corrected chi connectivity index (χ2v) is 4.44. The lowest BCUT2D eigenvalue weighted by atomic mass is 9.98. The van der Waals surface area contributed by atoms with Crippen LogP contribution < -0.4 is 0 Å². The highest BCUT2D eigenvalue weighted by atomic mass is 16.7. The molecule has 0 spiro atoms. The van der Waals surface area contributed by atoms with Crippen molar-refractivity contribution in [1.82, 2.24) is 0 Å². The van der Waals surface area contributed by atoms with Crippen LogP contribution in [0.15, 0.2) is 0 Å².